The average Bonchev–Trinajstić information content (AvgIpc) is 3.13. The summed E-state index contributed by atoms with van der Waals surface area (Å²) in [5.41, 5.74) is 2.60. The maximum atomic E-state index is 12.8. The molecule has 186 valence electrons. The molecule has 6 nitrogen and oxygen atoms in total. The van der Waals surface area contributed by atoms with Gasteiger partial charge in [0, 0.05) is 17.5 Å². The largest absolute Gasteiger partial charge is 0.573 e. The summed E-state index contributed by atoms with van der Waals surface area (Å²) in [5, 5.41) is 12.5. The molecular weight excluding hydrogens is 475 g/mol. The maximum Gasteiger partial charge on any atom is 0.573 e. The Morgan fingerprint density at radius 1 is 0.917 bits per heavy atom. The van der Waals surface area contributed by atoms with Gasteiger partial charge in [0.2, 0.25) is 0 Å². The van der Waals surface area contributed by atoms with Gasteiger partial charge < -0.3 is 19.9 Å². The zero-order valence-electron chi connectivity index (χ0n) is 18.9. The first kappa shape index (κ1) is 23.7. The van der Waals surface area contributed by atoms with Crippen molar-refractivity contribution in [1.29, 1.82) is 0 Å². The van der Waals surface area contributed by atoms with Crippen LogP contribution in [0.3, 0.4) is 0 Å². The van der Waals surface area contributed by atoms with E-state index >= 15 is 0 Å². The van der Waals surface area contributed by atoms with Crippen LogP contribution in [0.5, 0.6) is 5.75 Å². The van der Waals surface area contributed by atoms with Gasteiger partial charge in [-0.3, -0.25) is 4.79 Å². The van der Waals surface area contributed by atoms with Crippen molar-refractivity contribution in [1.82, 2.24) is 5.32 Å². The topological polar surface area (TPSA) is 84.9 Å². The van der Waals surface area contributed by atoms with Crippen LogP contribution >= 0.6 is 0 Å². The Morgan fingerprint density at radius 2 is 1.47 bits per heavy atom. The quantitative estimate of drug-likeness (QED) is 0.463. The Bertz CT molecular complexity index is 1270. The van der Waals surface area contributed by atoms with Crippen molar-refractivity contribution in [3.8, 4) is 16.9 Å². The van der Waals surface area contributed by atoms with E-state index in [0.717, 1.165) is 28.3 Å². The number of fused-ring (bicyclic) bond motifs is 3. The van der Waals surface area contributed by atoms with Crippen LogP contribution in [0, 0.1) is 0 Å². The summed E-state index contributed by atoms with van der Waals surface area (Å²) in [6.45, 7) is 0.0961. The number of carbonyl (C=O) groups is 2. The number of rotatable bonds is 6. The number of carboxylic acids is 1. The number of alkyl carbamates (subject to hydrolysis) is 1. The number of hydrogen-bond acceptors (Lipinski definition) is 4. The van der Waals surface area contributed by atoms with Crippen molar-refractivity contribution in [3.63, 3.8) is 0 Å². The fraction of sp³-hybridized carbons (Fsp3) is 0.259. The second-order valence-electron chi connectivity index (χ2n) is 9.01. The highest BCUT2D eigenvalue weighted by Gasteiger charge is 2.54. The first-order chi connectivity index (χ1) is 17.2. The summed E-state index contributed by atoms with van der Waals surface area (Å²) in [6, 6.07) is 20.4. The Morgan fingerprint density at radius 3 is 2.06 bits per heavy atom. The van der Waals surface area contributed by atoms with Crippen LogP contribution in [-0.4, -0.2) is 36.2 Å². The molecule has 2 N–H and O–H groups in total. The Kier molecular flexibility index (Phi) is 5.86. The lowest BCUT2D eigenvalue weighted by Crippen LogP contribution is -2.57. The number of aliphatic carboxylic acids is 1. The summed E-state index contributed by atoms with van der Waals surface area (Å²) in [6.07, 6.45) is -5.85. The molecule has 0 radical (unpaired) electrons. The molecule has 1 amide bonds. The Hall–Kier alpha value is -4.01. The van der Waals surface area contributed by atoms with Crippen molar-refractivity contribution in [3.05, 3.63) is 89.5 Å². The number of hydrogen-bond donors (Lipinski definition) is 2. The molecule has 0 atom stereocenters. The molecule has 0 aromatic heterocycles. The third-order valence-corrected chi connectivity index (χ3v) is 6.89. The molecule has 2 aliphatic carbocycles. The Labute approximate surface area is 204 Å². The van der Waals surface area contributed by atoms with E-state index in [9.17, 15) is 27.9 Å². The molecule has 0 bridgehead atoms. The van der Waals surface area contributed by atoms with Gasteiger partial charge in [-0.25, -0.2) is 4.79 Å². The van der Waals surface area contributed by atoms with E-state index in [0.29, 0.717) is 0 Å². The molecule has 0 unspecified atom stereocenters. The number of nitrogens with one attached hydrogen (secondary N) is 1. The minimum Gasteiger partial charge on any atom is -0.481 e. The van der Waals surface area contributed by atoms with E-state index in [1.165, 1.54) is 18.2 Å². The van der Waals surface area contributed by atoms with E-state index < -0.39 is 35.6 Å². The van der Waals surface area contributed by atoms with Crippen LogP contribution in [0.1, 0.15) is 35.4 Å². The van der Waals surface area contributed by atoms with Gasteiger partial charge in [-0.2, -0.15) is 0 Å². The van der Waals surface area contributed by atoms with Crippen molar-refractivity contribution in [2.45, 2.75) is 36.6 Å². The predicted molar refractivity (Wildman–Crippen MR) is 124 cm³/mol. The van der Waals surface area contributed by atoms with Gasteiger partial charge in [0.25, 0.3) is 0 Å². The third kappa shape index (κ3) is 4.25. The Balaban J connectivity index is 1.25. The molecule has 0 aliphatic heterocycles. The van der Waals surface area contributed by atoms with Crippen LogP contribution < -0.4 is 10.1 Å². The van der Waals surface area contributed by atoms with Crippen LogP contribution in [0.15, 0.2) is 72.8 Å². The molecule has 0 saturated heterocycles. The second kappa shape index (κ2) is 8.89. The van der Waals surface area contributed by atoms with E-state index in [-0.39, 0.29) is 30.9 Å². The number of halogens is 3. The fourth-order valence-corrected chi connectivity index (χ4v) is 5.28. The third-order valence-electron chi connectivity index (χ3n) is 6.89. The monoisotopic (exact) mass is 497 g/mol. The van der Waals surface area contributed by atoms with Crippen LogP contribution in [0.25, 0.3) is 11.1 Å². The van der Waals surface area contributed by atoms with Crippen LogP contribution in [0.4, 0.5) is 18.0 Å². The van der Waals surface area contributed by atoms with Gasteiger partial charge in [-0.05, 0) is 41.2 Å². The second-order valence-corrected chi connectivity index (χ2v) is 9.01. The van der Waals surface area contributed by atoms with Gasteiger partial charge in [-0.15, -0.1) is 13.2 Å². The van der Waals surface area contributed by atoms with Crippen molar-refractivity contribution in [2.75, 3.05) is 6.61 Å². The number of alkyl halides is 3. The van der Waals surface area contributed by atoms with E-state index in [4.69, 9.17) is 4.74 Å². The van der Waals surface area contributed by atoms with E-state index in [1.54, 1.807) is 0 Å². The van der Waals surface area contributed by atoms with Crippen LogP contribution in [0.2, 0.25) is 0 Å². The predicted octanol–water partition coefficient (Wildman–Crippen LogP) is 5.61. The number of amides is 1. The van der Waals surface area contributed by atoms with E-state index in [2.05, 4.69) is 10.1 Å². The maximum absolute atomic E-state index is 12.8. The molecule has 0 spiro atoms. The summed E-state index contributed by atoms with van der Waals surface area (Å²) in [4.78, 5) is 24.7. The molecule has 9 heteroatoms. The molecule has 3 aromatic rings. The van der Waals surface area contributed by atoms with Crippen molar-refractivity contribution in [2.24, 2.45) is 0 Å². The minimum atomic E-state index is -4.96. The summed E-state index contributed by atoms with van der Waals surface area (Å²) in [5.74, 6) is -1.98. The number of carboxylic acid groups (broad SMARTS) is 1. The fourth-order valence-electron chi connectivity index (χ4n) is 5.28. The SMILES string of the molecule is O=C(NC1CC(C(=O)O)(c2ccccc2OC(F)(F)F)C1)OCC1c2ccccc2-c2ccccc21. The zero-order chi connectivity index (χ0) is 25.5. The normalized spacial score (nSPS) is 20.6. The number of benzene rings is 3. The highest BCUT2D eigenvalue weighted by atomic mass is 19.4. The highest BCUT2D eigenvalue weighted by molar-refractivity contribution is 5.85. The van der Waals surface area contributed by atoms with E-state index in [1.807, 2.05) is 48.5 Å². The molecule has 3 aromatic carbocycles. The molecule has 1 fully saturated rings. The summed E-state index contributed by atoms with van der Waals surface area (Å²) >= 11 is 0. The lowest BCUT2D eigenvalue weighted by atomic mass is 9.61. The molecule has 0 heterocycles. The highest BCUT2D eigenvalue weighted by Crippen LogP contribution is 2.48. The molecule has 36 heavy (non-hydrogen) atoms. The van der Waals surface area contributed by atoms with Gasteiger partial charge in [0.15, 0.2) is 0 Å². The molecule has 5 rings (SSSR count). The van der Waals surface area contributed by atoms with Gasteiger partial charge in [0.05, 0.1) is 0 Å². The number of ether oxygens (including phenoxy) is 2. The van der Waals surface area contributed by atoms with Gasteiger partial charge in [0.1, 0.15) is 17.8 Å². The zero-order valence-corrected chi connectivity index (χ0v) is 18.9. The van der Waals surface area contributed by atoms with Gasteiger partial charge >= 0.3 is 18.4 Å². The van der Waals surface area contributed by atoms with Crippen molar-refractivity contribution < 1.29 is 37.3 Å². The van der Waals surface area contributed by atoms with Gasteiger partial charge in [-0.1, -0.05) is 66.7 Å². The number of carbonyl (C=O) groups excluding carboxylic acids is 1. The lowest BCUT2D eigenvalue weighted by Gasteiger charge is -2.45. The summed E-state index contributed by atoms with van der Waals surface area (Å²) < 4.78 is 48.1. The van der Waals surface area contributed by atoms with Crippen LogP contribution in [-0.2, 0) is 14.9 Å². The standard InChI is InChI=1S/C27H22F3NO5/c28-27(29,30)36-23-12-6-5-11-22(23)26(24(32)33)13-16(14-26)31-25(34)35-15-21-19-9-3-1-7-17(19)18-8-2-4-10-20(18)21/h1-12,16,21H,13-15H2,(H,31,34)(H,32,33). The van der Waals surface area contributed by atoms with Crippen molar-refractivity contribution >= 4 is 12.1 Å². The smallest absolute Gasteiger partial charge is 0.481 e. The molecular formula is C27H22F3NO5. The molecule has 2 aliphatic rings. The minimum absolute atomic E-state index is 0.0830. The first-order valence-electron chi connectivity index (χ1n) is 11.4. The summed E-state index contributed by atoms with van der Waals surface area (Å²) in [7, 11) is 0. The molecule has 1 saturated carbocycles. The number of para-hydroxylation sites is 1. The first-order valence-corrected chi connectivity index (χ1v) is 11.4. The lowest BCUT2D eigenvalue weighted by molar-refractivity contribution is -0.275. The average molecular weight is 497 g/mol.